The summed E-state index contributed by atoms with van der Waals surface area (Å²) >= 11 is 0. The molecule has 0 unspecified atom stereocenters. The van der Waals surface area contributed by atoms with Crippen molar-refractivity contribution in [2.75, 3.05) is 120 Å². The van der Waals surface area contributed by atoms with E-state index in [1.54, 1.807) is 33.1 Å². The van der Waals surface area contributed by atoms with Gasteiger partial charge in [0, 0.05) is 156 Å². The maximum atomic E-state index is 13.8. The number of carbonyl (C=O) groups is 5. The summed E-state index contributed by atoms with van der Waals surface area (Å²) in [6.45, 7) is 27.5. The number of aryl methyl sites for hydroxylation is 2. The largest absolute Gasteiger partial charge is 0.493 e. The summed E-state index contributed by atoms with van der Waals surface area (Å²) in [6.07, 6.45) is 5.04. The second-order valence-electron chi connectivity index (χ2n) is 23.0. The van der Waals surface area contributed by atoms with Crippen molar-refractivity contribution in [2.24, 2.45) is 35.5 Å². The van der Waals surface area contributed by atoms with Crippen LogP contribution in [0.25, 0.3) is 0 Å². The first-order valence-electron chi connectivity index (χ1n) is 29.2. The van der Waals surface area contributed by atoms with Gasteiger partial charge in [-0.1, -0.05) is 39.8 Å². The summed E-state index contributed by atoms with van der Waals surface area (Å²) in [5.41, 5.74) is 3.44. The molecule has 2 aromatic rings. The average molecular weight is 1090 g/mol. The molecule has 17 nitrogen and oxygen atoms in total. The van der Waals surface area contributed by atoms with Gasteiger partial charge in [-0.2, -0.15) is 0 Å². The first-order chi connectivity index (χ1) is 37.2. The second kappa shape index (κ2) is 33.7. The van der Waals surface area contributed by atoms with Crippen molar-refractivity contribution >= 4 is 29.5 Å². The molecular formula is C61H101N7O10. The molecule has 5 rings (SSSR count). The van der Waals surface area contributed by atoms with Crippen molar-refractivity contribution in [3.05, 3.63) is 58.7 Å². The molecule has 3 aliphatic heterocycles. The Balaban J connectivity index is 0.000000338. The molecule has 0 spiro atoms. The van der Waals surface area contributed by atoms with Gasteiger partial charge in [0.1, 0.15) is 17.6 Å². The number of aliphatic hydroxyl groups excluding tert-OH is 1. The Morgan fingerprint density at radius 3 is 1.45 bits per heavy atom. The van der Waals surface area contributed by atoms with E-state index >= 15 is 0 Å². The van der Waals surface area contributed by atoms with Gasteiger partial charge in [-0.05, 0) is 131 Å². The van der Waals surface area contributed by atoms with E-state index in [1.807, 2.05) is 90.7 Å². The minimum absolute atomic E-state index is 0.0105. The van der Waals surface area contributed by atoms with Gasteiger partial charge in [0.05, 0.1) is 13.2 Å². The number of piperidine rings is 1. The molecule has 78 heavy (non-hydrogen) atoms. The number of aliphatic hydroxyl groups is 1. The summed E-state index contributed by atoms with van der Waals surface area (Å²) in [5.74, 6) is 3.12. The SMILES string of the molecule is CCc1ccc(C(=O)N(C[C@@H]2CNC[C@H]2CN(C)C(=O)CC2CCN(C(C)=O)CC2)C(C)C)cc1OCCCOC.CCc1ccc(C(=O)N(C[C@@H]2CNC[C@H]2CN(C)C(=O)[C@@H](O)CC(C)C)C(C)C)cc1OCCCOC. The molecular weight excluding hydrogens is 991 g/mol. The highest BCUT2D eigenvalue weighted by Gasteiger charge is 2.36. The van der Waals surface area contributed by atoms with Crippen LogP contribution in [0.15, 0.2) is 36.4 Å². The van der Waals surface area contributed by atoms with Gasteiger partial charge in [-0.25, -0.2) is 0 Å². The molecule has 3 fully saturated rings. The lowest BCUT2D eigenvalue weighted by Crippen LogP contribution is -2.45. The van der Waals surface area contributed by atoms with Gasteiger partial charge >= 0.3 is 0 Å². The van der Waals surface area contributed by atoms with Gasteiger partial charge in [0.2, 0.25) is 11.8 Å². The van der Waals surface area contributed by atoms with Gasteiger partial charge < -0.3 is 59.2 Å². The lowest BCUT2D eigenvalue weighted by Gasteiger charge is -2.34. The van der Waals surface area contributed by atoms with Gasteiger partial charge in [0.15, 0.2) is 0 Å². The molecule has 3 N–H and O–H groups in total. The average Bonchev–Trinajstić information content (AvgIpc) is 4.08. The third-order valence-electron chi connectivity index (χ3n) is 15.8. The zero-order valence-corrected chi connectivity index (χ0v) is 50.1. The Morgan fingerprint density at radius 2 is 1.06 bits per heavy atom. The maximum absolute atomic E-state index is 13.8. The molecule has 3 heterocycles. The van der Waals surface area contributed by atoms with Crippen molar-refractivity contribution in [1.29, 1.82) is 0 Å². The van der Waals surface area contributed by atoms with Crippen LogP contribution in [-0.4, -0.2) is 198 Å². The Hall–Kier alpha value is -4.81. The predicted molar refractivity (Wildman–Crippen MR) is 308 cm³/mol. The van der Waals surface area contributed by atoms with Crippen molar-refractivity contribution in [2.45, 2.75) is 132 Å². The fourth-order valence-electron chi connectivity index (χ4n) is 10.9. The van der Waals surface area contributed by atoms with Crippen molar-refractivity contribution in [3.63, 3.8) is 0 Å². The van der Waals surface area contributed by atoms with Crippen LogP contribution in [0.3, 0.4) is 0 Å². The number of ether oxygens (including phenoxy) is 4. The van der Waals surface area contributed by atoms with Crippen LogP contribution in [0.4, 0.5) is 0 Å². The number of benzene rings is 2. The normalized spacial score (nSPS) is 18.9. The third kappa shape index (κ3) is 20.4. The lowest BCUT2D eigenvalue weighted by atomic mass is 9.91. The van der Waals surface area contributed by atoms with E-state index in [2.05, 4.69) is 38.3 Å². The highest BCUT2D eigenvalue weighted by molar-refractivity contribution is 5.95. The van der Waals surface area contributed by atoms with Crippen LogP contribution in [0.2, 0.25) is 0 Å². The Bertz CT molecular complexity index is 2170. The third-order valence-corrected chi connectivity index (χ3v) is 15.8. The second-order valence-corrected chi connectivity index (χ2v) is 23.0. The van der Waals surface area contributed by atoms with E-state index in [1.165, 1.54) is 0 Å². The monoisotopic (exact) mass is 1090 g/mol. The number of rotatable bonds is 29. The van der Waals surface area contributed by atoms with Gasteiger partial charge in [-0.15, -0.1) is 0 Å². The molecule has 0 aliphatic carbocycles. The number of likely N-dealkylation sites (N-methyl/N-ethyl adjacent to an activating group) is 1. The number of hydrogen-bond acceptors (Lipinski definition) is 12. The fraction of sp³-hybridized carbons (Fsp3) is 0.721. The maximum Gasteiger partial charge on any atom is 0.254 e. The summed E-state index contributed by atoms with van der Waals surface area (Å²) in [6, 6.07) is 11.6. The van der Waals surface area contributed by atoms with E-state index in [4.69, 9.17) is 18.9 Å². The van der Waals surface area contributed by atoms with Gasteiger partial charge in [0.25, 0.3) is 17.7 Å². The lowest BCUT2D eigenvalue weighted by molar-refractivity contribution is -0.140. The van der Waals surface area contributed by atoms with Crippen molar-refractivity contribution in [3.8, 4) is 11.5 Å². The number of nitrogens with zero attached hydrogens (tertiary/aromatic N) is 5. The highest BCUT2D eigenvalue weighted by atomic mass is 16.5. The summed E-state index contributed by atoms with van der Waals surface area (Å²) in [5, 5.41) is 17.2. The Labute approximate surface area is 468 Å². The standard InChI is InChI=1S/C32H52N4O5.C29H49N3O5/c1-7-26-9-10-27(18-30(26)41-16-8-15-40-6)32(39)36(23(2)3)22-29-20-33-19-28(29)21-34(5)31(38)17-25-11-13-35(14-12-25)24(4)37;1-8-22-10-11-23(15-27(22)37-13-9-12-36-7)28(34)32(21(4)5)19-25-17-30-16-24(25)18-31(6)29(35)26(33)14-20(2)3/h9-10,18,23,25,28-29,33H,7-8,11-17,19-22H2,1-6H3;10-11,15,20-21,24-26,30,33H,8-9,12-14,16-19H2,1-7H3/t28-,29-;24-,25-,26-/m00/s1. The smallest absolute Gasteiger partial charge is 0.254 e. The minimum Gasteiger partial charge on any atom is -0.493 e. The zero-order valence-electron chi connectivity index (χ0n) is 50.1. The quantitative estimate of drug-likeness (QED) is 0.0737. The molecule has 5 amide bonds. The van der Waals surface area contributed by atoms with Crippen LogP contribution < -0.4 is 20.1 Å². The van der Waals surface area contributed by atoms with Crippen LogP contribution in [-0.2, 0) is 36.7 Å². The molecule has 0 saturated carbocycles. The Kier molecular flexibility index (Phi) is 28.4. The zero-order chi connectivity index (χ0) is 57.5. The molecule has 5 atom stereocenters. The van der Waals surface area contributed by atoms with Crippen molar-refractivity contribution < 1.29 is 48.0 Å². The van der Waals surface area contributed by atoms with E-state index in [0.29, 0.717) is 82.5 Å². The Morgan fingerprint density at radius 1 is 0.641 bits per heavy atom. The summed E-state index contributed by atoms with van der Waals surface area (Å²) in [4.78, 5) is 74.1. The van der Waals surface area contributed by atoms with Crippen LogP contribution in [0, 0.1) is 35.5 Å². The van der Waals surface area contributed by atoms with Crippen LogP contribution in [0.1, 0.15) is 133 Å². The predicted octanol–water partition coefficient (Wildman–Crippen LogP) is 6.67. The first kappa shape index (κ1) is 65.7. The number of amides is 5. The van der Waals surface area contributed by atoms with Crippen molar-refractivity contribution in [1.82, 2.24) is 35.1 Å². The van der Waals surface area contributed by atoms with Crippen LogP contribution >= 0.6 is 0 Å². The fourth-order valence-corrected chi connectivity index (χ4v) is 10.9. The number of hydrogen-bond donors (Lipinski definition) is 3. The summed E-state index contributed by atoms with van der Waals surface area (Å²) < 4.78 is 22.3. The summed E-state index contributed by atoms with van der Waals surface area (Å²) in [7, 11) is 7.01. The van der Waals surface area contributed by atoms with Crippen LogP contribution in [0.5, 0.6) is 11.5 Å². The van der Waals surface area contributed by atoms with E-state index in [-0.39, 0.29) is 71.2 Å². The molecule has 17 heteroatoms. The molecule has 3 aliphatic rings. The van der Waals surface area contributed by atoms with Gasteiger partial charge in [-0.3, -0.25) is 24.0 Å². The number of carbonyl (C=O) groups excluding carboxylic acids is 5. The highest BCUT2D eigenvalue weighted by Crippen LogP contribution is 2.29. The number of methoxy groups -OCH3 is 2. The molecule has 0 bridgehead atoms. The first-order valence-corrected chi connectivity index (χ1v) is 29.2. The van der Waals surface area contributed by atoms with E-state index < -0.39 is 6.10 Å². The minimum atomic E-state index is -0.969. The number of likely N-dealkylation sites (tertiary alicyclic amines) is 1. The number of nitrogens with one attached hydrogen (secondary N) is 2. The topological polar surface area (TPSA) is 183 Å². The molecule has 440 valence electrons. The molecule has 3 saturated heterocycles. The molecule has 0 aromatic heterocycles. The molecule has 2 aromatic carbocycles. The van der Waals surface area contributed by atoms with E-state index in [9.17, 15) is 29.1 Å². The van der Waals surface area contributed by atoms with E-state index in [0.717, 1.165) is 100 Å². The molecule has 0 radical (unpaired) electrons.